The van der Waals surface area contributed by atoms with Gasteiger partial charge in [-0.1, -0.05) is 6.07 Å². The zero-order valence-corrected chi connectivity index (χ0v) is 15.1. The van der Waals surface area contributed by atoms with Crippen LogP contribution in [0, 0.1) is 0 Å². The predicted molar refractivity (Wildman–Crippen MR) is 96.7 cm³/mol. The topological polar surface area (TPSA) is 65.8 Å². The van der Waals surface area contributed by atoms with E-state index in [1.807, 2.05) is 18.4 Å². The van der Waals surface area contributed by atoms with Crippen LogP contribution < -0.4 is 5.32 Å². The first-order valence-electron chi connectivity index (χ1n) is 8.52. The smallest absolute Gasteiger partial charge is 0.289 e. The Labute approximate surface area is 151 Å². The average molecular weight is 361 g/mol. The van der Waals surface area contributed by atoms with Gasteiger partial charge in [-0.25, -0.2) is 0 Å². The van der Waals surface area contributed by atoms with E-state index >= 15 is 0 Å². The Morgan fingerprint density at radius 2 is 2.04 bits per heavy atom. The summed E-state index contributed by atoms with van der Waals surface area (Å²) in [5.41, 5.74) is 0. The first-order chi connectivity index (χ1) is 12.1. The summed E-state index contributed by atoms with van der Waals surface area (Å²) in [6, 6.07) is 7.30. The maximum Gasteiger partial charge on any atom is 0.289 e. The molecule has 25 heavy (non-hydrogen) atoms. The highest BCUT2D eigenvalue weighted by Gasteiger charge is 2.28. The third kappa shape index (κ3) is 4.49. The summed E-state index contributed by atoms with van der Waals surface area (Å²) in [7, 11) is 0. The second-order valence-corrected chi connectivity index (χ2v) is 7.13. The van der Waals surface area contributed by atoms with E-state index in [0.29, 0.717) is 38.5 Å². The SMILES string of the molecule is C[C@H](C(=O)NCCc1cccs1)N1CCN(C(=O)c2ccco2)CC1. The van der Waals surface area contributed by atoms with Crippen LogP contribution in [0.4, 0.5) is 0 Å². The molecule has 0 aromatic carbocycles. The molecule has 1 N–H and O–H groups in total. The van der Waals surface area contributed by atoms with Gasteiger partial charge in [-0.05, 0) is 36.9 Å². The zero-order valence-electron chi connectivity index (χ0n) is 14.3. The van der Waals surface area contributed by atoms with Crippen LogP contribution in [0.2, 0.25) is 0 Å². The molecule has 0 unspecified atom stereocenters. The summed E-state index contributed by atoms with van der Waals surface area (Å²) in [6.07, 6.45) is 2.37. The molecule has 1 atom stereocenters. The molecule has 0 spiro atoms. The lowest BCUT2D eigenvalue weighted by molar-refractivity contribution is -0.126. The van der Waals surface area contributed by atoms with Crippen LogP contribution in [-0.4, -0.2) is 60.4 Å². The number of nitrogens with one attached hydrogen (secondary N) is 1. The normalized spacial score (nSPS) is 16.6. The molecule has 0 saturated carbocycles. The number of piperazine rings is 1. The third-order valence-electron chi connectivity index (χ3n) is 4.51. The quantitative estimate of drug-likeness (QED) is 0.853. The van der Waals surface area contributed by atoms with E-state index in [9.17, 15) is 9.59 Å². The molecule has 6 nitrogen and oxygen atoms in total. The average Bonchev–Trinajstić information content (AvgIpc) is 3.34. The first-order valence-corrected chi connectivity index (χ1v) is 9.40. The van der Waals surface area contributed by atoms with Gasteiger partial charge in [0.05, 0.1) is 12.3 Å². The lowest BCUT2D eigenvalue weighted by atomic mass is 10.2. The second kappa shape index (κ2) is 8.31. The van der Waals surface area contributed by atoms with Gasteiger partial charge in [0.1, 0.15) is 0 Å². The molecule has 134 valence electrons. The van der Waals surface area contributed by atoms with E-state index < -0.39 is 0 Å². The minimum atomic E-state index is -0.191. The van der Waals surface area contributed by atoms with Crippen molar-refractivity contribution >= 4 is 23.2 Å². The van der Waals surface area contributed by atoms with Crippen LogP contribution in [-0.2, 0) is 11.2 Å². The van der Waals surface area contributed by atoms with Crippen molar-refractivity contribution in [3.05, 3.63) is 46.5 Å². The molecule has 3 heterocycles. The van der Waals surface area contributed by atoms with E-state index in [2.05, 4.69) is 16.3 Å². The number of rotatable bonds is 6. The van der Waals surface area contributed by atoms with E-state index in [-0.39, 0.29) is 17.9 Å². The largest absolute Gasteiger partial charge is 0.459 e. The van der Waals surface area contributed by atoms with E-state index in [1.54, 1.807) is 28.4 Å². The zero-order chi connectivity index (χ0) is 17.6. The fraction of sp³-hybridized carbons (Fsp3) is 0.444. The maximum absolute atomic E-state index is 12.3. The van der Waals surface area contributed by atoms with Crippen LogP contribution >= 0.6 is 11.3 Å². The Balaban J connectivity index is 1.42. The highest BCUT2D eigenvalue weighted by molar-refractivity contribution is 7.09. The molecule has 7 heteroatoms. The van der Waals surface area contributed by atoms with Crippen LogP contribution in [0.1, 0.15) is 22.4 Å². The van der Waals surface area contributed by atoms with Crippen molar-refractivity contribution in [2.45, 2.75) is 19.4 Å². The second-order valence-electron chi connectivity index (χ2n) is 6.10. The summed E-state index contributed by atoms with van der Waals surface area (Å²) in [4.78, 5) is 29.8. The number of nitrogens with zero attached hydrogens (tertiary/aromatic N) is 2. The Bertz CT molecular complexity index is 677. The highest BCUT2D eigenvalue weighted by Crippen LogP contribution is 2.12. The number of carbonyl (C=O) groups is 2. The minimum absolute atomic E-state index is 0.0439. The van der Waals surface area contributed by atoms with Gasteiger partial charge in [0.25, 0.3) is 5.91 Å². The molecular weight excluding hydrogens is 338 g/mol. The lowest BCUT2D eigenvalue weighted by Gasteiger charge is -2.37. The minimum Gasteiger partial charge on any atom is -0.459 e. The van der Waals surface area contributed by atoms with Crippen LogP contribution in [0.3, 0.4) is 0 Å². The molecular formula is C18H23N3O3S. The van der Waals surface area contributed by atoms with Crippen molar-refractivity contribution in [2.75, 3.05) is 32.7 Å². The Morgan fingerprint density at radius 1 is 1.24 bits per heavy atom. The fourth-order valence-corrected chi connectivity index (χ4v) is 3.65. The maximum atomic E-state index is 12.3. The number of amides is 2. The number of carbonyl (C=O) groups excluding carboxylic acids is 2. The molecule has 2 aromatic rings. The summed E-state index contributed by atoms with van der Waals surface area (Å²) in [6.45, 7) is 5.15. The first kappa shape index (κ1) is 17.7. The van der Waals surface area contributed by atoms with Crippen LogP contribution in [0.5, 0.6) is 0 Å². The Morgan fingerprint density at radius 3 is 2.68 bits per heavy atom. The summed E-state index contributed by atoms with van der Waals surface area (Å²) >= 11 is 1.71. The van der Waals surface area contributed by atoms with Gasteiger partial charge in [-0.15, -0.1) is 11.3 Å². The third-order valence-corrected chi connectivity index (χ3v) is 5.45. The van der Waals surface area contributed by atoms with E-state index in [4.69, 9.17) is 4.42 Å². The van der Waals surface area contributed by atoms with Crippen molar-refractivity contribution in [3.63, 3.8) is 0 Å². The van der Waals surface area contributed by atoms with Gasteiger partial charge >= 0.3 is 0 Å². The summed E-state index contributed by atoms with van der Waals surface area (Å²) in [5, 5.41) is 5.05. The molecule has 1 saturated heterocycles. The monoisotopic (exact) mass is 361 g/mol. The van der Waals surface area contributed by atoms with Crippen molar-refractivity contribution in [2.24, 2.45) is 0 Å². The van der Waals surface area contributed by atoms with Gasteiger partial charge in [0.2, 0.25) is 5.91 Å². The number of hydrogen-bond acceptors (Lipinski definition) is 5. The molecule has 0 aliphatic carbocycles. The molecule has 3 rings (SSSR count). The predicted octanol–water partition coefficient (Wildman–Crippen LogP) is 1.85. The van der Waals surface area contributed by atoms with Gasteiger partial charge in [-0.2, -0.15) is 0 Å². The lowest BCUT2D eigenvalue weighted by Crippen LogP contribution is -2.55. The summed E-state index contributed by atoms with van der Waals surface area (Å²) < 4.78 is 5.17. The highest BCUT2D eigenvalue weighted by atomic mass is 32.1. The molecule has 2 aromatic heterocycles. The van der Waals surface area contributed by atoms with Crippen LogP contribution in [0.15, 0.2) is 40.3 Å². The molecule has 1 fully saturated rings. The standard InChI is InChI=1S/C18H23N3O3S/c1-14(17(22)19-7-6-15-4-3-13-25-15)20-8-10-21(11-9-20)18(23)16-5-2-12-24-16/h2-5,12-14H,6-11H2,1H3,(H,19,22)/t14-/m1/s1. The van der Waals surface area contributed by atoms with Gasteiger partial charge in [0.15, 0.2) is 5.76 Å². The van der Waals surface area contributed by atoms with Crippen molar-refractivity contribution in [1.29, 1.82) is 0 Å². The molecule has 2 amide bonds. The Hall–Kier alpha value is -2.12. The van der Waals surface area contributed by atoms with Crippen molar-refractivity contribution < 1.29 is 14.0 Å². The van der Waals surface area contributed by atoms with E-state index in [1.165, 1.54) is 11.1 Å². The fourth-order valence-electron chi connectivity index (χ4n) is 2.95. The van der Waals surface area contributed by atoms with Gasteiger partial charge < -0.3 is 14.6 Å². The molecule has 0 bridgehead atoms. The van der Waals surface area contributed by atoms with E-state index in [0.717, 1.165) is 6.42 Å². The molecule has 0 radical (unpaired) electrons. The van der Waals surface area contributed by atoms with Crippen LogP contribution in [0.25, 0.3) is 0 Å². The van der Waals surface area contributed by atoms with Gasteiger partial charge in [0, 0.05) is 37.6 Å². The number of hydrogen-bond donors (Lipinski definition) is 1. The summed E-state index contributed by atoms with van der Waals surface area (Å²) in [5.74, 6) is 0.327. The van der Waals surface area contributed by atoms with Gasteiger partial charge in [-0.3, -0.25) is 14.5 Å². The molecule has 1 aliphatic heterocycles. The molecule has 1 aliphatic rings. The number of thiophene rings is 1. The van der Waals surface area contributed by atoms with Crippen molar-refractivity contribution in [1.82, 2.24) is 15.1 Å². The number of furan rings is 1. The van der Waals surface area contributed by atoms with Crippen molar-refractivity contribution in [3.8, 4) is 0 Å². The Kier molecular flexibility index (Phi) is 5.88.